The molecule has 0 spiro atoms. The minimum atomic E-state index is -2.91. The van der Waals surface area contributed by atoms with Crippen molar-refractivity contribution in [2.75, 3.05) is 5.32 Å². The van der Waals surface area contributed by atoms with Gasteiger partial charge in [0, 0.05) is 6.20 Å². The van der Waals surface area contributed by atoms with Crippen molar-refractivity contribution in [2.24, 2.45) is 0 Å². The number of halogens is 2. The topological polar surface area (TPSA) is 78.3 Å². The van der Waals surface area contributed by atoms with Gasteiger partial charge in [0.15, 0.2) is 17.6 Å². The molecule has 7 nitrogen and oxygen atoms in total. The predicted octanol–water partition coefficient (Wildman–Crippen LogP) is 6.05. The molecule has 5 rings (SSSR count). The number of aromatic nitrogens is 3. The summed E-state index contributed by atoms with van der Waals surface area (Å²) in [5.74, 6) is 0.261. The molecule has 176 valence electrons. The fourth-order valence-corrected chi connectivity index (χ4v) is 4.25. The minimum Gasteiger partial charge on any atom is -0.471 e. The maximum absolute atomic E-state index is 12.6. The van der Waals surface area contributed by atoms with E-state index in [2.05, 4.69) is 20.1 Å². The number of nitrogens with zero attached hydrogens (tertiary/aromatic N) is 3. The van der Waals surface area contributed by atoms with E-state index in [0.29, 0.717) is 21.1 Å². The first-order valence-electron chi connectivity index (χ1n) is 10.5. The van der Waals surface area contributed by atoms with Crippen LogP contribution < -0.4 is 14.8 Å². The summed E-state index contributed by atoms with van der Waals surface area (Å²) < 4.78 is 37.1. The summed E-state index contributed by atoms with van der Waals surface area (Å²) in [4.78, 5) is 16.9. The fraction of sp³-hybridized carbons (Fsp3) is 0.0800. The number of fused-ring (bicyclic) bond motifs is 1. The van der Waals surface area contributed by atoms with Crippen molar-refractivity contribution in [1.82, 2.24) is 14.8 Å². The molecule has 1 amide bonds. The summed E-state index contributed by atoms with van der Waals surface area (Å²) in [6, 6.07) is 23.7. The van der Waals surface area contributed by atoms with E-state index in [4.69, 9.17) is 4.74 Å². The van der Waals surface area contributed by atoms with Crippen LogP contribution in [-0.2, 0) is 6.73 Å². The van der Waals surface area contributed by atoms with Crippen molar-refractivity contribution in [3.8, 4) is 22.6 Å². The smallest absolute Gasteiger partial charge is 0.387 e. The van der Waals surface area contributed by atoms with Crippen LogP contribution in [0.15, 0.2) is 85.1 Å². The Morgan fingerprint density at radius 1 is 0.971 bits per heavy atom. The number of ether oxygens (including phenoxy) is 2. The van der Waals surface area contributed by atoms with Crippen molar-refractivity contribution in [3.05, 3.63) is 90.8 Å². The summed E-state index contributed by atoms with van der Waals surface area (Å²) >= 11 is 1.15. The molecule has 0 saturated heterocycles. The number of nitrogens with one attached hydrogen (secondary N) is 1. The van der Waals surface area contributed by atoms with Gasteiger partial charge in [0.1, 0.15) is 11.5 Å². The molecule has 0 aliphatic carbocycles. The van der Waals surface area contributed by atoms with Gasteiger partial charge in [0.25, 0.3) is 5.91 Å². The van der Waals surface area contributed by atoms with Crippen LogP contribution in [0.25, 0.3) is 21.3 Å². The first kappa shape index (κ1) is 22.5. The van der Waals surface area contributed by atoms with Gasteiger partial charge in [-0.2, -0.15) is 13.9 Å². The molecule has 0 aliphatic heterocycles. The van der Waals surface area contributed by atoms with Gasteiger partial charge in [0.05, 0.1) is 10.2 Å². The Kier molecular flexibility index (Phi) is 6.36. The maximum Gasteiger partial charge on any atom is 0.387 e. The SMILES string of the molecule is O=C(Nc1nc2ccc(OC(F)F)cc2s1)c1ccn(COc2ccc(-c3ccccc3)cc2)n1. The second-order valence-corrected chi connectivity index (χ2v) is 8.42. The van der Waals surface area contributed by atoms with Crippen molar-refractivity contribution in [1.29, 1.82) is 0 Å². The number of amides is 1. The average Bonchev–Trinajstić information content (AvgIpc) is 3.50. The van der Waals surface area contributed by atoms with Crippen molar-refractivity contribution >= 4 is 32.6 Å². The number of rotatable bonds is 8. The standard InChI is InChI=1S/C25H18F2N4O3S/c26-24(27)34-19-10-11-20-22(14-19)35-25(28-20)29-23(32)21-12-13-31(30-21)15-33-18-8-6-17(7-9-18)16-4-2-1-3-5-16/h1-14,24H,15H2,(H,28,29,32). The number of benzene rings is 3. The quantitative estimate of drug-likeness (QED) is 0.285. The number of hydrogen-bond acceptors (Lipinski definition) is 6. The van der Waals surface area contributed by atoms with E-state index in [1.165, 1.54) is 16.8 Å². The lowest BCUT2D eigenvalue weighted by Gasteiger charge is -2.07. The van der Waals surface area contributed by atoms with Gasteiger partial charge in [-0.25, -0.2) is 9.67 Å². The molecule has 0 atom stereocenters. The number of thiazole rings is 1. The van der Waals surface area contributed by atoms with Crippen LogP contribution in [0.5, 0.6) is 11.5 Å². The zero-order chi connectivity index (χ0) is 24.2. The third kappa shape index (κ3) is 5.44. The molecular formula is C25H18F2N4O3S. The molecule has 0 radical (unpaired) electrons. The molecule has 2 aromatic heterocycles. The van der Waals surface area contributed by atoms with Crippen molar-refractivity contribution in [2.45, 2.75) is 13.3 Å². The van der Waals surface area contributed by atoms with Gasteiger partial charge in [-0.15, -0.1) is 0 Å². The highest BCUT2D eigenvalue weighted by molar-refractivity contribution is 7.22. The summed E-state index contributed by atoms with van der Waals surface area (Å²) in [7, 11) is 0. The highest BCUT2D eigenvalue weighted by atomic mass is 32.1. The molecule has 0 bridgehead atoms. The largest absolute Gasteiger partial charge is 0.471 e. The molecule has 0 saturated carbocycles. The Labute approximate surface area is 202 Å². The van der Waals surface area contributed by atoms with E-state index in [-0.39, 0.29) is 18.2 Å². The normalized spacial score (nSPS) is 11.1. The third-order valence-electron chi connectivity index (χ3n) is 5.00. The van der Waals surface area contributed by atoms with Crippen molar-refractivity contribution < 1.29 is 23.0 Å². The van der Waals surface area contributed by atoms with E-state index in [1.54, 1.807) is 18.3 Å². The molecule has 5 aromatic rings. The molecule has 2 heterocycles. The van der Waals surface area contributed by atoms with Gasteiger partial charge >= 0.3 is 6.61 Å². The van der Waals surface area contributed by atoms with E-state index in [0.717, 1.165) is 22.5 Å². The monoisotopic (exact) mass is 492 g/mol. The molecule has 3 aromatic carbocycles. The van der Waals surface area contributed by atoms with E-state index >= 15 is 0 Å². The molecular weight excluding hydrogens is 474 g/mol. The third-order valence-corrected chi connectivity index (χ3v) is 5.94. The first-order chi connectivity index (χ1) is 17.0. The number of alkyl halides is 2. The van der Waals surface area contributed by atoms with E-state index in [1.807, 2.05) is 54.6 Å². The fourth-order valence-electron chi connectivity index (χ4n) is 3.37. The number of hydrogen-bond donors (Lipinski definition) is 1. The highest BCUT2D eigenvalue weighted by Gasteiger charge is 2.14. The van der Waals surface area contributed by atoms with Gasteiger partial charge in [-0.3, -0.25) is 10.1 Å². The van der Waals surface area contributed by atoms with Crippen LogP contribution in [0.3, 0.4) is 0 Å². The van der Waals surface area contributed by atoms with Gasteiger partial charge in [-0.1, -0.05) is 53.8 Å². The molecule has 1 N–H and O–H groups in total. The van der Waals surface area contributed by atoms with Gasteiger partial charge < -0.3 is 9.47 Å². The maximum atomic E-state index is 12.6. The summed E-state index contributed by atoms with van der Waals surface area (Å²) in [5, 5.41) is 7.24. The zero-order valence-corrected chi connectivity index (χ0v) is 18.9. The van der Waals surface area contributed by atoms with Crippen LogP contribution in [0, 0.1) is 0 Å². The summed E-state index contributed by atoms with van der Waals surface area (Å²) in [6.45, 7) is -2.78. The first-order valence-corrected chi connectivity index (χ1v) is 11.3. The lowest BCUT2D eigenvalue weighted by Crippen LogP contribution is -2.14. The lowest BCUT2D eigenvalue weighted by molar-refractivity contribution is -0.0497. The number of anilines is 1. The van der Waals surface area contributed by atoms with E-state index in [9.17, 15) is 13.6 Å². The van der Waals surface area contributed by atoms with Crippen LogP contribution in [0.1, 0.15) is 10.5 Å². The Balaban J connectivity index is 1.19. The Morgan fingerprint density at radius 3 is 2.49 bits per heavy atom. The average molecular weight is 493 g/mol. The number of carbonyl (C=O) groups is 1. The van der Waals surface area contributed by atoms with Crippen LogP contribution in [0.4, 0.5) is 13.9 Å². The second kappa shape index (κ2) is 9.90. The van der Waals surface area contributed by atoms with Crippen LogP contribution in [-0.4, -0.2) is 27.3 Å². The number of carbonyl (C=O) groups excluding carboxylic acids is 1. The second-order valence-electron chi connectivity index (χ2n) is 7.39. The molecule has 10 heteroatoms. The Hall–Kier alpha value is -4.31. The summed E-state index contributed by atoms with van der Waals surface area (Å²) in [5.41, 5.74) is 2.96. The zero-order valence-electron chi connectivity index (χ0n) is 18.1. The predicted molar refractivity (Wildman–Crippen MR) is 129 cm³/mol. The Morgan fingerprint density at radius 2 is 1.71 bits per heavy atom. The minimum absolute atomic E-state index is 0.0301. The lowest BCUT2D eigenvalue weighted by atomic mass is 10.1. The van der Waals surface area contributed by atoms with Gasteiger partial charge in [-0.05, 0) is 47.5 Å². The van der Waals surface area contributed by atoms with Crippen molar-refractivity contribution in [3.63, 3.8) is 0 Å². The molecule has 0 aliphatic rings. The highest BCUT2D eigenvalue weighted by Crippen LogP contribution is 2.30. The van der Waals surface area contributed by atoms with Crippen LogP contribution in [0.2, 0.25) is 0 Å². The molecule has 0 unspecified atom stereocenters. The molecule has 35 heavy (non-hydrogen) atoms. The van der Waals surface area contributed by atoms with Gasteiger partial charge in [0.2, 0.25) is 0 Å². The summed E-state index contributed by atoms with van der Waals surface area (Å²) in [6.07, 6.45) is 1.64. The Bertz CT molecular complexity index is 1450. The van der Waals surface area contributed by atoms with E-state index < -0.39 is 12.5 Å². The van der Waals surface area contributed by atoms with Crippen LogP contribution >= 0.6 is 11.3 Å². The molecule has 0 fully saturated rings.